The number of carboxylic acid groups (broad SMARTS) is 2. The Labute approximate surface area is 121 Å². The van der Waals surface area contributed by atoms with Crippen molar-refractivity contribution >= 4 is 12.1 Å². The third-order valence-corrected chi connectivity index (χ3v) is 3.13. The van der Waals surface area contributed by atoms with E-state index in [4.69, 9.17) is 19.7 Å². The lowest BCUT2D eigenvalue weighted by Gasteiger charge is -2.34. The smallest absolute Gasteiger partial charge is 0.407 e. The van der Waals surface area contributed by atoms with Crippen LogP contribution in [0.2, 0.25) is 0 Å². The first-order valence-electron chi connectivity index (χ1n) is 6.54. The topological polar surface area (TPSA) is 96.3 Å². The first kappa shape index (κ1) is 15.3. The number of carboxylic acids is 1. The highest BCUT2D eigenvalue weighted by Gasteiger charge is 2.34. The lowest BCUT2D eigenvalue weighted by molar-refractivity contribution is -0.167. The van der Waals surface area contributed by atoms with Crippen LogP contribution in [0.25, 0.3) is 0 Å². The van der Waals surface area contributed by atoms with Crippen LogP contribution < -0.4 is 0 Å². The molecule has 2 rings (SSSR count). The number of ether oxygens (including phenoxy) is 2. The predicted octanol–water partition coefficient (Wildman–Crippen LogP) is 1.04. The van der Waals surface area contributed by atoms with Gasteiger partial charge in [0.25, 0.3) is 0 Å². The van der Waals surface area contributed by atoms with Crippen LogP contribution in [0.4, 0.5) is 4.79 Å². The molecule has 114 valence electrons. The van der Waals surface area contributed by atoms with Gasteiger partial charge in [-0.2, -0.15) is 0 Å². The van der Waals surface area contributed by atoms with E-state index in [0.717, 1.165) is 10.5 Å². The molecule has 1 aromatic carbocycles. The van der Waals surface area contributed by atoms with Crippen LogP contribution in [-0.2, 0) is 20.9 Å². The second-order valence-electron chi connectivity index (χ2n) is 4.77. The van der Waals surface area contributed by atoms with E-state index in [1.165, 1.54) is 0 Å². The Kier molecular flexibility index (Phi) is 5.13. The molecule has 1 aliphatic rings. The molecule has 0 saturated carbocycles. The molecule has 21 heavy (non-hydrogen) atoms. The summed E-state index contributed by atoms with van der Waals surface area (Å²) in [5.41, 5.74) is 0.984. The third-order valence-electron chi connectivity index (χ3n) is 3.13. The van der Waals surface area contributed by atoms with Crippen molar-refractivity contribution in [3.8, 4) is 0 Å². The van der Waals surface area contributed by atoms with Gasteiger partial charge in [-0.15, -0.1) is 0 Å². The molecule has 0 radical (unpaired) electrons. The molecular weight excluding hydrogens is 278 g/mol. The molecule has 0 unspecified atom stereocenters. The highest BCUT2D eigenvalue weighted by Crippen LogP contribution is 2.13. The van der Waals surface area contributed by atoms with E-state index in [1.54, 1.807) is 0 Å². The fourth-order valence-electron chi connectivity index (χ4n) is 2.11. The van der Waals surface area contributed by atoms with Crippen LogP contribution in [0.3, 0.4) is 0 Å². The largest absolute Gasteiger partial charge is 0.479 e. The molecular formula is C14H17NO6. The van der Waals surface area contributed by atoms with Crippen LogP contribution in [0, 0.1) is 0 Å². The Balaban J connectivity index is 1.86. The summed E-state index contributed by atoms with van der Waals surface area (Å²) >= 11 is 0. The Morgan fingerprint density at radius 2 is 1.95 bits per heavy atom. The standard InChI is InChI=1S/C14H17NO6/c16-13(17)12-7-15(14(18)19)6-11(21-12)9-20-8-10-4-2-1-3-5-10/h1-5,11-12H,6-9H2,(H,16,17)(H,18,19)/t11-,12+/m0/s1. The molecule has 1 fully saturated rings. The lowest BCUT2D eigenvalue weighted by Crippen LogP contribution is -2.53. The fourth-order valence-corrected chi connectivity index (χ4v) is 2.11. The SMILES string of the molecule is O=C(O)[C@H]1CN(C(=O)O)C[C@@H](COCc2ccccc2)O1. The number of benzene rings is 1. The number of carbonyl (C=O) groups is 2. The molecule has 1 heterocycles. The maximum absolute atomic E-state index is 11.0. The van der Waals surface area contributed by atoms with E-state index in [2.05, 4.69) is 0 Å². The summed E-state index contributed by atoms with van der Waals surface area (Å²) in [4.78, 5) is 23.0. The van der Waals surface area contributed by atoms with Gasteiger partial charge in [0.15, 0.2) is 6.10 Å². The Hall–Kier alpha value is -2.12. The lowest BCUT2D eigenvalue weighted by atomic mass is 10.2. The Morgan fingerprint density at radius 3 is 2.57 bits per heavy atom. The summed E-state index contributed by atoms with van der Waals surface area (Å²) in [5.74, 6) is -1.17. The number of rotatable bonds is 5. The average Bonchev–Trinajstić information content (AvgIpc) is 2.48. The predicted molar refractivity (Wildman–Crippen MR) is 72.0 cm³/mol. The van der Waals surface area contributed by atoms with Crippen molar-refractivity contribution in [2.24, 2.45) is 0 Å². The molecule has 2 atom stereocenters. The van der Waals surface area contributed by atoms with Gasteiger partial charge in [0.05, 0.1) is 32.4 Å². The molecule has 0 aliphatic carbocycles. The number of aliphatic carboxylic acids is 1. The summed E-state index contributed by atoms with van der Waals surface area (Å²) in [7, 11) is 0. The van der Waals surface area contributed by atoms with Gasteiger partial charge in [-0.05, 0) is 5.56 Å². The molecule has 0 bridgehead atoms. The van der Waals surface area contributed by atoms with Crippen LogP contribution in [0.1, 0.15) is 5.56 Å². The van der Waals surface area contributed by atoms with E-state index in [-0.39, 0.29) is 19.7 Å². The molecule has 1 amide bonds. The molecule has 0 aromatic heterocycles. The minimum Gasteiger partial charge on any atom is -0.479 e. The van der Waals surface area contributed by atoms with E-state index < -0.39 is 24.3 Å². The zero-order valence-electron chi connectivity index (χ0n) is 11.3. The van der Waals surface area contributed by atoms with Crippen molar-refractivity contribution in [3.63, 3.8) is 0 Å². The second-order valence-corrected chi connectivity index (χ2v) is 4.77. The van der Waals surface area contributed by atoms with E-state index in [1.807, 2.05) is 30.3 Å². The minimum absolute atomic E-state index is 0.105. The Bertz CT molecular complexity index is 469. The first-order chi connectivity index (χ1) is 10.1. The van der Waals surface area contributed by atoms with Gasteiger partial charge < -0.3 is 24.6 Å². The summed E-state index contributed by atoms with van der Waals surface area (Å²) in [6, 6.07) is 9.50. The van der Waals surface area contributed by atoms with Gasteiger partial charge in [0, 0.05) is 0 Å². The van der Waals surface area contributed by atoms with Crippen molar-refractivity contribution in [2.45, 2.75) is 18.8 Å². The molecule has 7 heteroatoms. The maximum Gasteiger partial charge on any atom is 0.407 e. The van der Waals surface area contributed by atoms with E-state index in [0.29, 0.717) is 6.61 Å². The van der Waals surface area contributed by atoms with E-state index in [9.17, 15) is 9.59 Å². The number of hydrogen-bond acceptors (Lipinski definition) is 4. The van der Waals surface area contributed by atoms with Crippen molar-refractivity contribution in [1.82, 2.24) is 4.90 Å². The summed E-state index contributed by atoms with van der Waals surface area (Å²) in [6.45, 7) is 0.446. The molecule has 1 aliphatic heterocycles. The van der Waals surface area contributed by atoms with Gasteiger partial charge in [-0.1, -0.05) is 30.3 Å². The minimum atomic E-state index is -1.17. The van der Waals surface area contributed by atoms with Gasteiger partial charge in [-0.25, -0.2) is 9.59 Å². The molecule has 1 saturated heterocycles. The van der Waals surface area contributed by atoms with Crippen LogP contribution in [0.5, 0.6) is 0 Å². The van der Waals surface area contributed by atoms with Crippen molar-refractivity contribution in [3.05, 3.63) is 35.9 Å². The Morgan fingerprint density at radius 1 is 1.24 bits per heavy atom. The van der Waals surface area contributed by atoms with Gasteiger partial charge in [0.2, 0.25) is 0 Å². The molecule has 1 aromatic rings. The first-order valence-corrected chi connectivity index (χ1v) is 6.54. The summed E-state index contributed by atoms with van der Waals surface area (Å²) in [5, 5.41) is 18.0. The highest BCUT2D eigenvalue weighted by molar-refractivity contribution is 5.74. The normalized spacial score (nSPS) is 22.0. The van der Waals surface area contributed by atoms with Crippen LogP contribution in [0.15, 0.2) is 30.3 Å². The zero-order valence-corrected chi connectivity index (χ0v) is 11.3. The van der Waals surface area contributed by atoms with Gasteiger partial charge >= 0.3 is 12.1 Å². The average molecular weight is 295 g/mol. The summed E-state index contributed by atoms with van der Waals surface area (Å²) < 4.78 is 10.8. The van der Waals surface area contributed by atoms with Crippen LogP contribution >= 0.6 is 0 Å². The summed E-state index contributed by atoms with van der Waals surface area (Å²) in [6.07, 6.45) is -2.89. The number of nitrogens with zero attached hydrogens (tertiary/aromatic N) is 1. The number of hydrogen-bond donors (Lipinski definition) is 2. The fraction of sp³-hybridized carbons (Fsp3) is 0.429. The van der Waals surface area contributed by atoms with E-state index >= 15 is 0 Å². The quantitative estimate of drug-likeness (QED) is 0.842. The highest BCUT2D eigenvalue weighted by atomic mass is 16.6. The van der Waals surface area contributed by atoms with Crippen LogP contribution in [-0.4, -0.2) is 59.1 Å². The molecule has 0 spiro atoms. The van der Waals surface area contributed by atoms with Gasteiger partial charge in [0.1, 0.15) is 0 Å². The van der Waals surface area contributed by atoms with Gasteiger partial charge in [-0.3, -0.25) is 0 Å². The van der Waals surface area contributed by atoms with Crippen molar-refractivity contribution in [1.29, 1.82) is 0 Å². The monoisotopic (exact) mass is 295 g/mol. The number of morpholine rings is 1. The van der Waals surface area contributed by atoms with Crippen molar-refractivity contribution in [2.75, 3.05) is 19.7 Å². The van der Waals surface area contributed by atoms with Crippen molar-refractivity contribution < 1.29 is 29.3 Å². The zero-order chi connectivity index (χ0) is 15.2. The molecule has 2 N–H and O–H groups in total. The maximum atomic E-state index is 11.0. The number of amides is 1. The third kappa shape index (κ3) is 4.44. The second kappa shape index (κ2) is 7.05. The molecule has 7 nitrogen and oxygen atoms in total.